The van der Waals surface area contributed by atoms with E-state index in [1.165, 1.54) is 42.3 Å². The molecule has 0 fully saturated rings. The second-order valence-electron chi connectivity index (χ2n) is 6.57. The summed E-state index contributed by atoms with van der Waals surface area (Å²) in [6.45, 7) is 0. The molecule has 4 rings (SSSR count). The Balaban J connectivity index is 1.91. The van der Waals surface area contributed by atoms with Crippen LogP contribution in [0.2, 0.25) is 0 Å². The van der Waals surface area contributed by atoms with Gasteiger partial charge >= 0.3 is 0 Å². The fourth-order valence-corrected chi connectivity index (χ4v) is 3.53. The molecule has 1 unspecified atom stereocenters. The molecule has 0 spiro atoms. The van der Waals surface area contributed by atoms with Gasteiger partial charge in [0.25, 0.3) is 5.91 Å². The lowest BCUT2D eigenvalue weighted by atomic mass is 9.93. The van der Waals surface area contributed by atoms with Crippen molar-refractivity contribution in [2.75, 3.05) is 12.0 Å². The first kappa shape index (κ1) is 18.7. The van der Waals surface area contributed by atoms with Gasteiger partial charge in [0.2, 0.25) is 0 Å². The normalized spacial score (nSPS) is 16.4. The molecular weight excluding hydrogens is 376 g/mol. The molecule has 0 saturated carbocycles. The standard InChI is InChI=1S/C23H17F2NO3/c1-29-17-12-6-14(7-13-17)20-21(18-4-2-3-5-19(18)25)26(23(28)22(20)27)16-10-8-15(24)9-11-16/h2-13,21,27H,1H3. The number of carbonyl (C=O) groups is 1. The number of rotatable bonds is 4. The Labute approximate surface area is 166 Å². The number of anilines is 1. The molecule has 0 radical (unpaired) electrons. The monoisotopic (exact) mass is 393 g/mol. The summed E-state index contributed by atoms with van der Waals surface area (Å²) in [7, 11) is 1.53. The molecule has 4 nitrogen and oxygen atoms in total. The van der Waals surface area contributed by atoms with Gasteiger partial charge in [0, 0.05) is 16.8 Å². The molecule has 0 aliphatic carbocycles. The van der Waals surface area contributed by atoms with Crippen LogP contribution >= 0.6 is 0 Å². The molecule has 1 atom stereocenters. The van der Waals surface area contributed by atoms with E-state index < -0.39 is 29.3 Å². The molecule has 1 heterocycles. The Morgan fingerprint density at radius 2 is 1.59 bits per heavy atom. The Kier molecular flexibility index (Phi) is 4.76. The first-order chi connectivity index (χ1) is 14.0. The fourth-order valence-electron chi connectivity index (χ4n) is 3.53. The van der Waals surface area contributed by atoms with Gasteiger partial charge in [-0.25, -0.2) is 8.78 Å². The zero-order chi connectivity index (χ0) is 20.5. The van der Waals surface area contributed by atoms with Gasteiger partial charge in [0.15, 0.2) is 5.76 Å². The van der Waals surface area contributed by atoms with Gasteiger partial charge < -0.3 is 9.84 Å². The highest BCUT2D eigenvalue weighted by molar-refractivity contribution is 6.16. The molecule has 3 aromatic rings. The molecule has 146 valence electrons. The van der Waals surface area contributed by atoms with Gasteiger partial charge in [-0.3, -0.25) is 9.69 Å². The van der Waals surface area contributed by atoms with Crippen molar-refractivity contribution >= 4 is 17.2 Å². The lowest BCUT2D eigenvalue weighted by Crippen LogP contribution is -2.30. The lowest BCUT2D eigenvalue weighted by Gasteiger charge is -2.27. The number of hydrogen-bond donors (Lipinski definition) is 1. The van der Waals surface area contributed by atoms with Crippen LogP contribution in [0.15, 0.2) is 78.6 Å². The van der Waals surface area contributed by atoms with Gasteiger partial charge in [-0.2, -0.15) is 0 Å². The average molecular weight is 393 g/mol. The van der Waals surface area contributed by atoms with Gasteiger partial charge in [0.1, 0.15) is 17.4 Å². The van der Waals surface area contributed by atoms with Gasteiger partial charge in [0.05, 0.1) is 13.2 Å². The van der Waals surface area contributed by atoms with Crippen molar-refractivity contribution in [3.8, 4) is 5.75 Å². The summed E-state index contributed by atoms with van der Waals surface area (Å²) in [4.78, 5) is 14.2. The second-order valence-corrected chi connectivity index (χ2v) is 6.57. The minimum atomic E-state index is -0.914. The van der Waals surface area contributed by atoms with Crippen molar-refractivity contribution in [3.63, 3.8) is 0 Å². The average Bonchev–Trinajstić information content (AvgIpc) is 3.00. The van der Waals surface area contributed by atoms with E-state index in [0.717, 1.165) is 0 Å². The molecule has 0 saturated heterocycles. The number of aliphatic hydroxyl groups is 1. The van der Waals surface area contributed by atoms with Crippen LogP contribution in [0.5, 0.6) is 5.75 Å². The smallest absolute Gasteiger partial charge is 0.294 e. The maximum absolute atomic E-state index is 14.7. The van der Waals surface area contributed by atoms with Crippen molar-refractivity contribution in [2.24, 2.45) is 0 Å². The van der Waals surface area contributed by atoms with Crippen molar-refractivity contribution in [2.45, 2.75) is 6.04 Å². The highest BCUT2D eigenvalue weighted by Gasteiger charge is 2.43. The molecule has 6 heteroatoms. The summed E-state index contributed by atoms with van der Waals surface area (Å²) in [6.07, 6.45) is 0. The van der Waals surface area contributed by atoms with E-state index in [-0.39, 0.29) is 11.1 Å². The first-order valence-corrected chi connectivity index (χ1v) is 8.92. The molecule has 3 aromatic carbocycles. The van der Waals surface area contributed by atoms with Gasteiger partial charge in [-0.15, -0.1) is 0 Å². The molecule has 0 bridgehead atoms. The Bertz CT molecular complexity index is 1090. The number of carbonyl (C=O) groups excluding carboxylic acids is 1. The third kappa shape index (κ3) is 3.23. The van der Waals surface area contributed by atoms with Crippen molar-refractivity contribution in [1.29, 1.82) is 0 Å². The minimum Gasteiger partial charge on any atom is -0.503 e. The van der Waals surface area contributed by atoms with Crippen LogP contribution in [0.3, 0.4) is 0 Å². The van der Waals surface area contributed by atoms with Gasteiger partial charge in [-0.05, 0) is 48.0 Å². The summed E-state index contributed by atoms with van der Waals surface area (Å²) in [5, 5.41) is 10.7. The number of amides is 1. The van der Waals surface area contributed by atoms with Crippen LogP contribution in [-0.2, 0) is 4.79 Å². The van der Waals surface area contributed by atoms with E-state index in [1.54, 1.807) is 42.5 Å². The molecule has 29 heavy (non-hydrogen) atoms. The number of aliphatic hydroxyl groups excluding tert-OH is 1. The second kappa shape index (κ2) is 7.39. The summed E-state index contributed by atoms with van der Waals surface area (Å²) < 4.78 is 33.3. The summed E-state index contributed by atoms with van der Waals surface area (Å²) in [6, 6.07) is 17.2. The first-order valence-electron chi connectivity index (χ1n) is 8.92. The Morgan fingerprint density at radius 3 is 2.21 bits per heavy atom. The SMILES string of the molecule is COc1ccc(C2=C(O)C(=O)N(c3ccc(F)cc3)C2c2ccccc2F)cc1. The number of halogens is 2. The van der Waals surface area contributed by atoms with Crippen molar-refractivity contribution in [1.82, 2.24) is 0 Å². The maximum atomic E-state index is 14.7. The van der Waals surface area contributed by atoms with Crippen LogP contribution in [0.25, 0.3) is 5.57 Å². The lowest BCUT2D eigenvalue weighted by molar-refractivity contribution is -0.117. The third-order valence-electron chi connectivity index (χ3n) is 4.91. The number of methoxy groups -OCH3 is 1. The predicted molar refractivity (Wildman–Crippen MR) is 106 cm³/mol. The van der Waals surface area contributed by atoms with Crippen LogP contribution < -0.4 is 9.64 Å². The summed E-state index contributed by atoms with van der Waals surface area (Å²) in [5.41, 5.74) is 1.39. The minimum absolute atomic E-state index is 0.222. The number of hydrogen-bond acceptors (Lipinski definition) is 3. The number of nitrogens with zero attached hydrogens (tertiary/aromatic N) is 1. The zero-order valence-electron chi connectivity index (χ0n) is 15.5. The molecule has 1 aliphatic heterocycles. The highest BCUT2D eigenvalue weighted by atomic mass is 19.1. The van der Waals surface area contributed by atoms with E-state index in [2.05, 4.69) is 0 Å². The van der Waals surface area contributed by atoms with Crippen LogP contribution in [0, 0.1) is 11.6 Å². The largest absolute Gasteiger partial charge is 0.503 e. The van der Waals surface area contributed by atoms with Crippen LogP contribution in [0.1, 0.15) is 17.2 Å². The molecule has 1 N–H and O–H groups in total. The predicted octanol–water partition coefficient (Wildman–Crippen LogP) is 5.03. The summed E-state index contributed by atoms with van der Waals surface area (Å²) in [5.74, 6) is -1.53. The molecule has 1 aliphatic rings. The summed E-state index contributed by atoms with van der Waals surface area (Å²) >= 11 is 0. The van der Waals surface area contributed by atoms with Gasteiger partial charge in [-0.1, -0.05) is 30.3 Å². The van der Waals surface area contributed by atoms with E-state index in [4.69, 9.17) is 4.74 Å². The van der Waals surface area contributed by atoms with Crippen molar-refractivity contribution in [3.05, 3.63) is 101 Å². The fraction of sp³-hybridized carbons (Fsp3) is 0.0870. The van der Waals surface area contributed by atoms with Crippen LogP contribution in [0.4, 0.5) is 14.5 Å². The van der Waals surface area contributed by atoms with Crippen LogP contribution in [-0.4, -0.2) is 18.1 Å². The molecular formula is C23H17F2NO3. The molecule has 0 aromatic heterocycles. The maximum Gasteiger partial charge on any atom is 0.294 e. The quantitative estimate of drug-likeness (QED) is 0.676. The van der Waals surface area contributed by atoms with E-state index in [0.29, 0.717) is 17.0 Å². The zero-order valence-corrected chi connectivity index (χ0v) is 15.5. The topological polar surface area (TPSA) is 49.8 Å². The van der Waals surface area contributed by atoms with E-state index in [1.807, 2.05) is 0 Å². The number of benzene rings is 3. The Hall–Kier alpha value is -3.67. The Morgan fingerprint density at radius 1 is 0.931 bits per heavy atom. The third-order valence-corrected chi connectivity index (χ3v) is 4.91. The van der Waals surface area contributed by atoms with E-state index in [9.17, 15) is 18.7 Å². The molecule has 1 amide bonds. The van der Waals surface area contributed by atoms with Crippen molar-refractivity contribution < 1.29 is 23.4 Å². The number of ether oxygens (including phenoxy) is 1. The highest BCUT2D eigenvalue weighted by Crippen LogP contribution is 2.46. The van der Waals surface area contributed by atoms with E-state index >= 15 is 0 Å².